The molecule has 9 heteroatoms. The number of nitrogens with zero attached hydrogens (tertiary/aromatic N) is 2. The van der Waals surface area contributed by atoms with Crippen LogP contribution in [0.15, 0.2) is 36.4 Å². The fourth-order valence-corrected chi connectivity index (χ4v) is 2.74. The number of piperidine rings is 1. The summed E-state index contributed by atoms with van der Waals surface area (Å²) in [7, 11) is 0. The summed E-state index contributed by atoms with van der Waals surface area (Å²) in [6, 6.07) is 5.84. The number of ether oxygens (including phenoxy) is 2. The maximum Gasteiger partial charge on any atom is 0.350 e. The molecule has 1 fully saturated rings. The summed E-state index contributed by atoms with van der Waals surface area (Å²) in [5.74, 6) is 1.08. The topological polar surface area (TPSA) is 108 Å². The highest BCUT2D eigenvalue weighted by molar-refractivity contribution is 5.92. The third-order valence-electron chi connectivity index (χ3n) is 4.01. The standard InChI is InChI=1S/C17H14N2O7/c1-2-17(25-13-6-4-3-5-12(13)19(22)23)9-10-18-14(11-17)24-15(20)7-8-16(21)26-18/h1,3-8,14H,9-11H2/b8-7-. The number of carbonyl (C=O) groups is 2. The third kappa shape index (κ3) is 3.50. The molecule has 0 bridgehead atoms. The van der Waals surface area contributed by atoms with Crippen LogP contribution in [-0.2, 0) is 19.2 Å². The van der Waals surface area contributed by atoms with Crippen molar-refractivity contribution in [3.63, 3.8) is 0 Å². The van der Waals surface area contributed by atoms with Gasteiger partial charge in [0.15, 0.2) is 17.6 Å². The zero-order valence-electron chi connectivity index (χ0n) is 13.5. The van der Waals surface area contributed by atoms with E-state index in [1.807, 2.05) is 0 Å². The Hall–Kier alpha value is -3.38. The molecule has 1 aromatic carbocycles. The van der Waals surface area contributed by atoms with Gasteiger partial charge in [-0.15, -0.1) is 6.42 Å². The summed E-state index contributed by atoms with van der Waals surface area (Å²) in [6.07, 6.45) is 6.77. The molecule has 0 amide bonds. The van der Waals surface area contributed by atoms with Gasteiger partial charge in [0, 0.05) is 31.2 Å². The Kier molecular flexibility index (Phi) is 4.60. The van der Waals surface area contributed by atoms with E-state index < -0.39 is 28.7 Å². The SMILES string of the molecule is C#CC1(Oc2ccccc2[N+](=O)[O-])CCN2OC(=O)/C=C\C(=O)OC2C1. The van der Waals surface area contributed by atoms with E-state index in [-0.39, 0.29) is 30.8 Å². The number of hydroxylamine groups is 2. The van der Waals surface area contributed by atoms with Crippen LogP contribution in [0.5, 0.6) is 5.75 Å². The van der Waals surface area contributed by atoms with Gasteiger partial charge in [0.05, 0.1) is 11.3 Å². The van der Waals surface area contributed by atoms with Crippen molar-refractivity contribution in [1.29, 1.82) is 0 Å². The second-order valence-electron chi connectivity index (χ2n) is 5.70. The molecule has 2 aliphatic rings. The van der Waals surface area contributed by atoms with E-state index in [0.717, 1.165) is 12.2 Å². The molecule has 0 spiro atoms. The zero-order chi connectivity index (χ0) is 18.7. The number of terminal acetylenes is 1. The average molecular weight is 358 g/mol. The van der Waals surface area contributed by atoms with Crippen LogP contribution in [0.4, 0.5) is 5.69 Å². The van der Waals surface area contributed by atoms with Crippen LogP contribution >= 0.6 is 0 Å². The molecule has 1 saturated heterocycles. The van der Waals surface area contributed by atoms with Gasteiger partial charge in [0.25, 0.3) is 0 Å². The Morgan fingerprint density at radius 3 is 2.77 bits per heavy atom. The van der Waals surface area contributed by atoms with Crippen LogP contribution in [0.1, 0.15) is 12.8 Å². The number of nitro groups is 1. The highest BCUT2D eigenvalue weighted by Crippen LogP contribution is 2.36. The molecule has 2 heterocycles. The normalized spacial score (nSPS) is 27.0. The maximum absolute atomic E-state index is 11.7. The Morgan fingerprint density at radius 2 is 2.04 bits per heavy atom. The van der Waals surface area contributed by atoms with Crippen molar-refractivity contribution < 1.29 is 28.8 Å². The second kappa shape index (κ2) is 6.85. The summed E-state index contributed by atoms with van der Waals surface area (Å²) in [5, 5.41) is 12.4. The van der Waals surface area contributed by atoms with E-state index in [9.17, 15) is 19.7 Å². The lowest BCUT2D eigenvalue weighted by atomic mass is 9.91. The van der Waals surface area contributed by atoms with Gasteiger partial charge in [0.2, 0.25) is 0 Å². The highest BCUT2D eigenvalue weighted by atomic mass is 16.7. The van der Waals surface area contributed by atoms with E-state index in [4.69, 9.17) is 20.7 Å². The van der Waals surface area contributed by atoms with Crippen LogP contribution in [0, 0.1) is 22.5 Å². The molecule has 26 heavy (non-hydrogen) atoms. The number of hydrogen-bond acceptors (Lipinski definition) is 8. The molecule has 0 aliphatic carbocycles. The predicted octanol–water partition coefficient (Wildman–Crippen LogP) is 1.34. The van der Waals surface area contributed by atoms with Gasteiger partial charge in [-0.25, -0.2) is 9.59 Å². The molecule has 134 valence electrons. The van der Waals surface area contributed by atoms with Gasteiger partial charge < -0.3 is 14.3 Å². The second-order valence-corrected chi connectivity index (χ2v) is 5.70. The minimum absolute atomic E-state index is 0.0120. The molecule has 2 atom stereocenters. The first-order chi connectivity index (χ1) is 12.4. The average Bonchev–Trinajstić information content (AvgIpc) is 2.61. The maximum atomic E-state index is 11.7. The predicted molar refractivity (Wildman–Crippen MR) is 86.3 cm³/mol. The van der Waals surface area contributed by atoms with Gasteiger partial charge >= 0.3 is 17.6 Å². The summed E-state index contributed by atoms with van der Waals surface area (Å²) in [5.41, 5.74) is -1.49. The highest BCUT2D eigenvalue weighted by Gasteiger charge is 2.45. The molecule has 0 saturated carbocycles. The number of para-hydroxylation sites is 2. The Bertz CT molecular complexity index is 829. The first-order valence-corrected chi connectivity index (χ1v) is 7.70. The minimum Gasteiger partial charge on any atom is -0.467 e. The Balaban J connectivity index is 1.86. The van der Waals surface area contributed by atoms with Crippen molar-refractivity contribution in [2.75, 3.05) is 6.54 Å². The molecule has 1 aromatic rings. The monoisotopic (exact) mass is 358 g/mol. The van der Waals surface area contributed by atoms with Gasteiger partial charge in [-0.2, -0.15) is 0 Å². The molecule has 0 radical (unpaired) electrons. The first kappa shape index (κ1) is 17.4. The molecular formula is C17H14N2O7. The lowest BCUT2D eigenvalue weighted by molar-refractivity contribution is -0.386. The summed E-state index contributed by atoms with van der Waals surface area (Å²) >= 11 is 0. The first-order valence-electron chi connectivity index (χ1n) is 7.70. The molecule has 2 unspecified atom stereocenters. The fraction of sp³-hybridized carbons (Fsp3) is 0.294. The smallest absolute Gasteiger partial charge is 0.350 e. The Labute approximate surface area is 148 Å². The van der Waals surface area contributed by atoms with Crippen molar-refractivity contribution in [2.24, 2.45) is 0 Å². The van der Waals surface area contributed by atoms with E-state index in [1.54, 1.807) is 6.07 Å². The van der Waals surface area contributed by atoms with Crippen molar-refractivity contribution in [1.82, 2.24) is 5.06 Å². The number of hydrogen-bond donors (Lipinski definition) is 0. The van der Waals surface area contributed by atoms with Crippen molar-refractivity contribution in [3.05, 3.63) is 46.5 Å². The fourth-order valence-electron chi connectivity index (χ4n) is 2.74. The van der Waals surface area contributed by atoms with Crippen LogP contribution in [-0.4, -0.2) is 40.3 Å². The minimum atomic E-state index is -1.26. The van der Waals surface area contributed by atoms with E-state index in [0.29, 0.717) is 0 Å². The van der Waals surface area contributed by atoms with E-state index >= 15 is 0 Å². The molecule has 0 aromatic heterocycles. The third-order valence-corrected chi connectivity index (χ3v) is 4.01. The van der Waals surface area contributed by atoms with Crippen molar-refractivity contribution >= 4 is 17.6 Å². The summed E-state index contributed by atoms with van der Waals surface area (Å²) in [4.78, 5) is 39.0. The number of carbonyl (C=O) groups excluding carboxylic acids is 2. The van der Waals surface area contributed by atoms with Gasteiger partial charge in [-0.1, -0.05) is 23.1 Å². The van der Waals surface area contributed by atoms with E-state index in [1.165, 1.54) is 23.3 Å². The number of rotatable bonds is 3. The molecule has 2 aliphatic heterocycles. The van der Waals surface area contributed by atoms with E-state index in [2.05, 4.69) is 5.92 Å². The van der Waals surface area contributed by atoms with Crippen LogP contribution in [0.25, 0.3) is 0 Å². The molecular weight excluding hydrogens is 344 g/mol. The number of benzene rings is 1. The summed E-state index contributed by atoms with van der Waals surface area (Å²) in [6.45, 7) is 0.127. The number of nitro benzene ring substituents is 1. The number of fused-ring (bicyclic) bond motifs is 1. The van der Waals surface area contributed by atoms with Crippen molar-refractivity contribution in [3.8, 4) is 18.1 Å². The zero-order valence-corrected chi connectivity index (χ0v) is 13.5. The van der Waals surface area contributed by atoms with Gasteiger partial charge in [-0.05, 0) is 6.07 Å². The van der Waals surface area contributed by atoms with Gasteiger partial charge in [0.1, 0.15) is 0 Å². The molecule has 9 nitrogen and oxygen atoms in total. The molecule has 0 N–H and O–H groups in total. The van der Waals surface area contributed by atoms with Crippen LogP contribution in [0.2, 0.25) is 0 Å². The van der Waals surface area contributed by atoms with Gasteiger partial charge in [-0.3, -0.25) is 10.1 Å². The molecule has 3 rings (SSSR count). The lowest BCUT2D eigenvalue weighted by Crippen LogP contribution is -2.54. The van der Waals surface area contributed by atoms with Crippen molar-refractivity contribution in [2.45, 2.75) is 24.7 Å². The van der Waals surface area contributed by atoms with Crippen LogP contribution in [0.3, 0.4) is 0 Å². The Morgan fingerprint density at radius 1 is 1.31 bits per heavy atom. The number of esters is 1. The van der Waals surface area contributed by atoms with Crippen LogP contribution < -0.4 is 4.74 Å². The largest absolute Gasteiger partial charge is 0.467 e. The quantitative estimate of drug-likeness (QED) is 0.345. The summed E-state index contributed by atoms with van der Waals surface area (Å²) < 4.78 is 11.0. The lowest BCUT2D eigenvalue weighted by Gasteiger charge is -2.41.